The van der Waals surface area contributed by atoms with E-state index in [4.69, 9.17) is 5.11 Å². The quantitative estimate of drug-likeness (QED) is 0.844. The molecule has 3 heteroatoms. The van der Waals surface area contributed by atoms with E-state index in [0.717, 1.165) is 19.5 Å². The summed E-state index contributed by atoms with van der Waals surface area (Å²) in [6.07, 6.45) is 1.16. The third kappa shape index (κ3) is 3.55. The monoisotopic (exact) mass is 248 g/mol. The second-order valence-electron chi connectivity index (χ2n) is 5.44. The van der Waals surface area contributed by atoms with Crippen molar-refractivity contribution in [2.75, 3.05) is 33.3 Å². The van der Waals surface area contributed by atoms with Crippen LogP contribution in [-0.2, 0) is 0 Å². The van der Waals surface area contributed by atoms with Gasteiger partial charge < -0.3 is 15.3 Å². The second kappa shape index (κ2) is 6.32. The first kappa shape index (κ1) is 13.5. The van der Waals surface area contributed by atoms with E-state index < -0.39 is 0 Å². The number of piperidine rings is 1. The Morgan fingerprint density at radius 1 is 1.28 bits per heavy atom. The highest BCUT2D eigenvalue weighted by Gasteiger charge is 2.25. The molecule has 0 amide bonds. The third-order valence-corrected chi connectivity index (χ3v) is 3.73. The van der Waals surface area contributed by atoms with Crippen LogP contribution in [0.25, 0.3) is 0 Å². The van der Waals surface area contributed by atoms with Gasteiger partial charge in [-0.3, -0.25) is 0 Å². The van der Waals surface area contributed by atoms with Crippen molar-refractivity contribution in [1.82, 2.24) is 10.2 Å². The highest BCUT2D eigenvalue weighted by Crippen LogP contribution is 2.26. The van der Waals surface area contributed by atoms with Crippen LogP contribution in [0, 0.1) is 6.92 Å². The van der Waals surface area contributed by atoms with Crippen LogP contribution in [-0.4, -0.2) is 49.3 Å². The van der Waals surface area contributed by atoms with Gasteiger partial charge in [-0.15, -0.1) is 0 Å². The van der Waals surface area contributed by atoms with Crippen LogP contribution < -0.4 is 5.32 Å². The van der Waals surface area contributed by atoms with Gasteiger partial charge >= 0.3 is 0 Å². The van der Waals surface area contributed by atoms with Crippen LogP contribution in [0.2, 0.25) is 0 Å². The minimum Gasteiger partial charge on any atom is -0.395 e. The summed E-state index contributed by atoms with van der Waals surface area (Å²) in [7, 11) is 2.17. The number of nitrogens with one attached hydrogen (secondary N) is 1. The lowest BCUT2D eigenvalue weighted by Crippen LogP contribution is -2.47. The molecule has 0 radical (unpaired) electrons. The molecule has 2 unspecified atom stereocenters. The Morgan fingerprint density at radius 3 is 2.67 bits per heavy atom. The van der Waals surface area contributed by atoms with Crippen molar-refractivity contribution in [3.63, 3.8) is 0 Å². The largest absolute Gasteiger partial charge is 0.395 e. The van der Waals surface area contributed by atoms with Crippen molar-refractivity contribution < 1.29 is 5.11 Å². The van der Waals surface area contributed by atoms with Crippen molar-refractivity contribution in [3.8, 4) is 0 Å². The van der Waals surface area contributed by atoms with E-state index in [1.54, 1.807) is 0 Å². The van der Waals surface area contributed by atoms with E-state index in [-0.39, 0.29) is 6.61 Å². The van der Waals surface area contributed by atoms with Gasteiger partial charge in [0.05, 0.1) is 6.61 Å². The molecule has 1 aromatic rings. The summed E-state index contributed by atoms with van der Waals surface area (Å²) in [5.74, 6) is 0.598. The first-order valence-electron chi connectivity index (χ1n) is 6.78. The van der Waals surface area contributed by atoms with Gasteiger partial charge in [0.2, 0.25) is 0 Å². The fraction of sp³-hybridized carbons (Fsp3) is 0.600. The summed E-state index contributed by atoms with van der Waals surface area (Å²) in [6.45, 7) is 5.24. The lowest BCUT2D eigenvalue weighted by Gasteiger charge is -2.36. The average Bonchev–Trinajstić information content (AvgIpc) is 2.36. The molecule has 0 bridgehead atoms. The molecule has 1 aromatic carbocycles. The fourth-order valence-electron chi connectivity index (χ4n) is 2.82. The Bertz CT molecular complexity index is 363. The molecule has 1 fully saturated rings. The predicted octanol–water partition coefficient (Wildman–Crippen LogP) is 1.36. The average molecular weight is 248 g/mol. The zero-order valence-corrected chi connectivity index (χ0v) is 11.4. The number of benzene rings is 1. The number of hydrogen-bond donors (Lipinski definition) is 2. The predicted molar refractivity (Wildman–Crippen MR) is 74.9 cm³/mol. The van der Waals surface area contributed by atoms with Crippen molar-refractivity contribution in [3.05, 3.63) is 35.4 Å². The van der Waals surface area contributed by atoms with Crippen LogP contribution in [0.4, 0.5) is 0 Å². The standard InChI is InChI=1S/C15H24N2O/c1-12-3-5-13(6-4-12)14-9-15(16-7-8-18)11-17(2)10-14/h3-6,14-16,18H,7-11H2,1-2H3. The van der Waals surface area contributed by atoms with E-state index in [1.165, 1.54) is 11.1 Å². The number of rotatable bonds is 4. The number of hydrogen-bond acceptors (Lipinski definition) is 3. The van der Waals surface area contributed by atoms with Crippen LogP contribution in [0.1, 0.15) is 23.5 Å². The molecule has 0 saturated carbocycles. The summed E-state index contributed by atoms with van der Waals surface area (Å²) < 4.78 is 0. The molecule has 1 saturated heterocycles. The summed E-state index contributed by atoms with van der Waals surface area (Å²) >= 11 is 0. The maximum atomic E-state index is 8.90. The molecule has 18 heavy (non-hydrogen) atoms. The molecule has 1 aliphatic heterocycles. The summed E-state index contributed by atoms with van der Waals surface area (Å²) in [5.41, 5.74) is 2.75. The smallest absolute Gasteiger partial charge is 0.0556 e. The molecular formula is C15H24N2O. The van der Waals surface area contributed by atoms with Crippen LogP contribution >= 0.6 is 0 Å². The van der Waals surface area contributed by atoms with Gasteiger partial charge in [0.25, 0.3) is 0 Å². The van der Waals surface area contributed by atoms with Crippen molar-refractivity contribution in [1.29, 1.82) is 0 Å². The summed E-state index contributed by atoms with van der Waals surface area (Å²) in [6, 6.07) is 9.38. The van der Waals surface area contributed by atoms with E-state index in [1.807, 2.05) is 0 Å². The summed E-state index contributed by atoms with van der Waals surface area (Å²) in [4.78, 5) is 2.38. The Morgan fingerprint density at radius 2 is 2.00 bits per heavy atom. The Hall–Kier alpha value is -0.900. The lowest BCUT2D eigenvalue weighted by molar-refractivity contribution is 0.194. The van der Waals surface area contributed by atoms with E-state index >= 15 is 0 Å². The Kier molecular flexibility index (Phi) is 4.75. The first-order valence-corrected chi connectivity index (χ1v) is 6.78. The number of nitrogens with zero attached hydrogens (tertiary/aromatic N) is 1. The van der Waals surface area contributed by atoms with Gasteiger partial charge in [0, 0.05) is 25.7 Å². The molecule has 1 heterocycles. The number of aliphatic hydroxyl groups is 1. The van der Waals surface area contributed by atoms with Crippen molar-refractivity contribution >= 4 is 0 Å². The van der Waals surface area contributed by atoms with Crippen LogP contribution in [0.3, 0.4) is 0 Å². The topological polar surface area (TPSA) is 35.5 Å². The maximum Gasteiger partial charge on any atom is 0.0556 e. The minimum atomic E-state index is 0.218. The Balaban J connectivity index is 2.01. The fourth-order valence-corrected chi connectivity index (χ4v) is 2.82. The number of aryl methyl sites for hydroxylation is 1. The van der Waals surface area contributed by atoms with E-state index in [0.29, 0.717) is 18.5 Å². The highest BCUT2D eigenvalue weighted by atomic mass is 16.3. The zero-order chi connectivity index (χ0) is 13.0. The molecule has 1 aliphatic rings. The number of likely N-dealkylation sites (N-methyl/N-ethyl adjacent to an activating group) is 1. The second-order valence-corrected chi connectivity index (χ2v) is 5.44. The van der Waals surface area contributed by atoms with Gasteiger partial charge in [-0.1, -0.05) is 29.8 Å². The van der Waals surface area contributed by atoms with Gasteiger partial charge in [0.1, 0.15) is 0 Å². The first-order chi connectivity index (χ1) is 8.69. The molecule has 0 spiro atoms. The molecule has 2 N–H and O–H groups in total. The lowest BCUT2D eigenvalue weighted by atomic mass is 9.88. The van der Waals surface area contributed by atoms with Gasteiger partial charge in [-0.2, -0.15) is 0 Å². The molecule has 2 atom stereocenters. The molecule has 2 rings (SSSR count). The van der Waals surface area contributed by atoms with E-state index in [2.05, 4.69) is 48.5 Å². The molecule has 3 nitrogen and oxygen atoms in total. The van der Waals surface area contributed by atoms with Crippen molar-refractivity contribution in [2.24, 2.45) is 0 Å². The Labute approximate surface area is 110 Å². The third-order valence-electron chi connectivity index (χ3n) is 3.73. The van der Waals surface area contributed by atoms with Crippen molar-refractivity contribution in [2.45, 2.75) is 25.3 Å². The molecular weight excluding hydrogens is 224 g/mol. The van der Waals surface area contributed by atoms with Gasteiger partial charge in [-0.05, 0) is 31.9 Å². The normalized spacial score (nSPS) is 25.3. The molecule has 0 aliphatic carbocycles. The van der Waals surface area contributed by atoms with Crippen LogP contribution in [0.5, 0.6) is 0 Å². The molecule has 0 aromatic heterocycles. The van der Waals surface area contributed by atoms with Gasteiger partial charge in [-0.25, -0.2) is 0 Å². The SMILES string of the molecule is Cc1ccc(C2CC(NCCO)CN(C)C2)cc1. The molecule has 100 valence electrons. The summed E-state index contributed by atoms with van der Waals surface area (Å²) in [5, 5.41) is 12.3. The number of likely N-dealkylation sites (tertiary alicyclic amines) is 1. The maximum absolute atomic E-state index is 8.90. The minimum absolute atomic E-state index is 0.218. The van der Waals surface area contributed by atoms with E-state index in [9.17, 15) is 0 Å². The van der Waals surface area contributed by atoms with Gasteiger partial charge in [0.15, 0.2) is 0 Å². The zero-order valence-electron chi connectivity index (χ0n) is 11.4. The number of aliphatic hydroxyl groups excluding tert-OH is 1. The van der Waals surface area contributed by atoms with Crippen LogP contribution in [0.15, 0.2) is 24.3 Å². The highest BCUT2D eigenvalue weighted by molar-refractivity contribution is 5.25.